The van der Waals surface area contributed by atoms with Gasteiger partial charge in [-0.25, -0.2) is 4.79 Å². The lowest BCUT2D eigenvalue weighted by Crippen LogP contribution is -2.58. The van der Waals surface area contributed by atoms with Crippen LogP contribution in [0.3, 0.4) is 0 Å². The van der Waals surface area contributed by atoms with Gasteiger partial charge in [0.2, 0.25) is 5.78 Å². The van der Waals surface area contributed by atoms with E-state index in [2.05, 4.69) is 13.8 Å². The van der Waals surface area contributed by atoms with E-state index in [-0.39, 0.29) is 41.1 Å². The van der Waals surface area contributed by atoms with E-state index < -0.39 is 11.8 Å². The second kappa shape index (κ2) is 7.18. The largest absolute Gasteiger partial charge is 0.476 e. The van der Waals surface area contributed by atoms with Crippen LogP contribution in [-0.2, 0) is 14.4 Å². The average molecular weight is 405 g/mol. The molecule has 0 bridgehead atoms. The second-order valence-corrected chi connectivity index (χ2v) is 11.2. The van der Waals surface area contributed by atoms with Crippen molar-refractivity contribution in [3.05, 3.63) is 0 Å². The predicted molar refractivity (Wildman–Crippen MR) is 108 cm³/mol. The number of ketones is 2. The number of aliphatic carboxylic acids is 1. The van der Waals surface area contributed by atoms with Crippen LogP contribution >= 0.6 is 0 Å². The SMILES string of the molecule is C[C@H](CC(=O)C(=O)O)[C@H]1CC[C@H]2[C@@H]3CC[C@@H]4C[C@H](O)CC[C@]4(C)[C@H]3C(=O)C[C@]12C. The predicted octanol–water partition coefficient (Wildman–Crippen LogP) is 3.87. The van der Waals surface area contributed by atoms with Gasteiger partial charge in [0.1, 0.15) is 5.78 Å². The molecule has 162 valence electrons. The highest BCUT2D eigenvalue weighted by Crippen LogP contribution is 2.67. The number of rotatable bonds is 4. The Morgan fingerprint density at radius 2 is 1.83 bits per heavy atom. The Balaban J connectivity index is 1.58. The number of carboxylic acid groups (broad SMARTS) is 1. The topological polar surface area (TPSA) is 91.7 Å². The molecule has 0 aromatic carbocycles. The van der Waals surface area contributed by atoms with Gasteiger partial charge in [0.25, 0.3) is 0 Å². The van der Waals surface area contributed by atoms with E-state index in [1.54, 1.807) is 0 Å². The maximum absolute atomic E-state index is 13.6. The Labute approximate surface area is 173 Å². The van der Waals surface area contributed by atoms with Gasteiger partial charge in [0.05, 0.1) is 6.10 Å². The van der Waals surface area contributed by atoms with Gasteiger partial charge in [-0.05, 0) is 85.4 Å². The Hall–Kier alpha value is -1.23. The van der Waals surface area contributed by atoms with Crippen LogP contribution in [0.1, 0.15) is 78.6 Å². The molecule has 0 saturated heterocycles. The molecule has 0 amide bonds. The van der Waals surface area contributed by atoms with Crippen LogP contribution < -0.4 is 0 Å². The van der Waals surface area contributed by atoms with Crippen LogP contribution in [0.5, 0.6) is 0 Å². The fourth-order valence-corrected chi connectivity index (χ4v) is 8.54. The molecule has 4 saturated carbocycles. The van der Waals surface area contributed by atoms with Crippen molar-refractivity contribution in [2.75, 3.05) is 0 Å². The Morgan fingerprint density at radius 3 is 2.52 bits per heavy atom. The van der Waals surface area contributed by atoms with E-state index in [4.69, 9.17) is 5.11 Å². The molecule has 5 nitrogen and oxygen atoms in total. The van der Waals surface area contributed by atoms with E-state index >= 15 is 0 Å². The van der Waals surface area contributed by atoms with Gasteiger partial charge in [-0.3, -0.25) is 9.59 Å². The van der Waals surface area contributed by atoms with Crippen molar-refractivity contribution in [2.45, 2.75) is 84.7 Å². The maximum atomic E-state index is 13.6. The zero-order valence-electron chi connectivity index (χ0n) is 18.0. The first-order valence-corrected chi connectivity index (χ1v) is 11.5. The van der Waals surface area contributed by atoms with Crippen LogP contribution in [0.15, 0.2) is 0 Å². The summed E-state index contributed by atoms with van der Waals surface area (Å²) in [5.74, 6) is 0.0227. The van der Waals surface area contributed by atoms with Gasteiger partial charge in [-0.2, -0.15) is 0 Å². The molecule has 4 fully saturated rings. The standard InChI is InChI=1S/C24H36O5/c1-13(10-19(26)22(28)29)17-6-7-18-16-5-4-14-11-15(25)8-9-23(14,2)21(16)20(27)12-24(17,18)3/h13-18,21,25H,4-12H2,1-3H3,(H,28,29)/t13-,14-,15-,16+,17-,18+,21-,23+,24-/m1/s1. The molecule has 4 aliphatic rings. The lowest BCUT2D eigenvalue weighted by atomic mass is 9.44. The molecule has 9 atom stereocenters. The van der Waals surface area contributed by atoms with Crippen LogP contribution in [0.4, 0.5) is 0 Å². The first-order valence-electron chi connectivity index (χ1n) is 11.5. The first-order chi connectivity index (χ1) is 13.6. The molecule has 29 heavy (non-hydrogen) atoms. The van der Waals surface area contributed by atoms with Gasteiger partial charge in [-0.1, -0.05) is 20.8 Å². The molecule has 0 aromatic heterocycles. The fraction of sp³-hybridized carbons (Fsp3) is 0.875. The molecule has 4 rings (SSSR count). The third-order valence-corrected chi connectivity index (χ3v) is 9.83. The Morgan fingerprint density at radius 1 is 1.10 bits per heavy atom. The average Bonchev–Trinajstić information content (AvgIpc) is 2.98. The number of carbonyl (C=O) groups is 3. The summed E-state index contributed by atoms with van der Waals surface area (Å²) in [6.45, 7) is 6.54. The third-order valence-electron chi connectivity index (χ3n) is 9.83. The Bertz CT molecular complexity index is 716. The number of aliphatic hydroxyl groups excluding tert-OH is 1. The summed E-state index contributed by atoms with van der Waals surface area (Å²) in [4.78, 5) is 36.4. The van der Waals surface area contributed by atoms with E-state index in [0.29, 0.717) is 30.0 Å². The number of hydrogen-bond donors (Lipinski definition) is 2. The lowest BCUT2D eigenvalue weighted by molar-refractivity contribution is -0.162. The highest BCUT2D eigenvalue weighted by Gasteiger charge is 2.63. The first kappa shape index (κ1) is 21.0. The molecular formula is C24H36O5. The number of aliphatic hydroxyl groups is 1. The summed E-state index contributed by atoms with van der Waals surface area (Å²) < 4.78 is 0. The molecule has 0 heterocycles. The normalized spacial score (nSPS) is 47.7. The van der Waals surface area contributed by atoms with Gasteiger partial charge < -0.3 is 10.2 Å². The summed E-state index contributed by atoms with van der Waals surface area (Å²) in [7, 11) is 0. The van der Waals surface area contributed by atoms with Crippen molar-refractivity contribution >= 4 is 17.5 Å². The van der Waals surface area contributed by atoms with Gasteiger partial charge >= 0.3 is 5.97 Å². The van der Waals surface area contributed by atoms with Crippen molar-refractivity contribution in [1.82, 2.24) is 0 Å². The lowest BCUT2D eigenvalue weighted by Gasteiger charge is -2.60. The minimum atomic E-state index is -1.35. The van der Waals surface area contributed by atoms with Gasteiger partial charge in [0, 0.05) is 18.8 Å². The number of Topliss-reactive ketones (excluding diaryl/α,β-unsaturated/α-hetero) is 2. The smallest absolute Gasteiger partial charge is 0.372 e. The molecular weight excluding hydrogens is 368 g/mol. The summed E-state index contributed by atoms with van der Waals surface area (Å²) in [6, 6.07) is 0. The molecule has 0 radical (unpaired) electrons. The Kier molecular flexibility index (Phi) is 5.20. The van der Waals surface area contributed by atoms with Crippen molar-refractivity contribution in [1.29, 1.82) is 0 Å². The minimum absolute atomic E-state index is 0.00490. The number of carboxylic acids is 1. The molecule has 0 unspecified atom stereocenters. The van der Waals surface area contributed by atoms with Crippen molar-refractivity contribution < 1.29 is 24.6 Å². The molecule has 2 N–H and O–H groups in total. The molecule has 4 aliphatic carbocycles. The summed E-state index contributed by atoms with van der Waals surface area (Å²) in [6.07, 6.45) is 7.27. The zero-order chi connectivity index (χ0) is 21.1. The minimum Gasteiger partial charge on any atom is -0.476 e. The number of hydrogen-bond acceptors (Lipinski definition) is 4. The maximum Gasteiger partial charge on any atom is 0.372 e. The van der Waals surface area contributed by atoms with E-state index in [9.17, 15) is 19.5 Å². The second-order valence-electron chi connectivity index (χ2n) is 11.2. The summed E-state index contributed by atoms with van der Waals surface area (Å²) >= 11 is 0. The molecule has 5 heteroatoms. The molecule has 0 aliphatic heterocycles. The molecule has 0 spiro atoms. The third kappa shape index (κ3) is 3.19. The van der Waals surface area contributed by atoms with Gasteiger partial charge in [0.15, 0.2) is 0 Å². The van der Waals surface area contributed by atoms with Crippen molar-refractivity contribution in [2.24, 2.45) is 46.3 Å². The van der Waals surface area contributed by atoms with E-state index in [1.807, 2.05) is 6.92 Å². The monoisotopic (exact) mass is 404 g/mol. The highest BCUT2D eigenvalue weighted by molar-refractivity contribution is 6.32. The van der Waals surface area contributed by atoms with Crippen molar-refractivity contribution in [3.8, 4) is 0 Å². The zero-order valence-corrected chi connectivity index (χ0v) is 18.0. The van der Waals surface area contributed by atoms with Crippen molar-refractivity contribution in [3.63, 3.8) is 0 Å². The van der Waals surface area contributed by atoms with Crippen LogP contribution in [0, 0.1) is 46.3 Å². The summed E-state index contributed by atoms with van der Waals surface area (Å²) in [5.41, 5.74) is -0.0998. The van der Waals surface area contributed by atoms with E-state index in [0.717, 1.165) is 44.9 Å². The van der Waals surface area contributed by atoms with Crippen LogP contribution in [-0.4, -0.2) is 33.9 Å². The molecule has 0 aromatic rings. The van der Waals surface area contributed by atoms with E-state index in [1.165, 1.54) is 0 Å². The number of fused-ring (bicyclic) bond motifs is 5. The van der Waals surface area contributed by atoms with Crippen LogP contribution in [0.2, 0.25) is 0 Å². The fourth-order valence-electron chi connectivity index (χ4n) is 8.54. The highest BCUT2D eigenvalue weighted by atomic mass is 16.4. The number of carbonyl (C=O) groups excluding carboxylic acids is 2. The quantitative estimate of drug-likeness (QED) is 0.694. The van der Waals surface area contributed by atoms with Crippen LogP contribution in [0.25, 0.3) is 0 Å². The summed E-state index contributed by atoms with van der Waals surface area (Å²) in [5, 5.41) is 19.2. The van der Waals surface area contributed by atoms with Gasteiger partial charge in [-0.15, -0.1) is 0 Å².